The molecule has 0 spiro atoms. The maximum atomic E-state index is 13.8. The van der Waals surface area contributed by atoms with Gasteiger partial charge in [0, 0.05) is 39.9 Å². The van der Waals surface area contributed by atoms with Crippen molar-refractivity contribution in [1.29, 1.82) is 0 Å². The van der Waals surface area contributed by atoms with Crippen LogP contribution in [0.5, 0.6) is 11.5 Å². The van der Waals surface area contributed by atoms with Crippen molar-refractivity contribution >= 4 is 21.8 Å². The van der Waals surface area contributed by atoms with E-state index >= 15 is 0 Å². The molecule has 1 atom stereocenters. The van der Waals surface area contributed by atoms with Crippen LogP contribution in [0.1, 0.15) is 23.6 Å². The summed E-state index contributed by atoms with van der Waals surface area (Å²) in [7, 11) is -0.492. The highest BCUT2D eigenvalue weighted by Gasteiger charge is 2.32. The van der Waals surface area contributed by atoms with Crippen LogP contribution in [0.15, 0.2) is 83.8 Å². The van der Waals surface area contributed by atoms with Crippen LogP contribution in [0, 0.1) is 0 Å². The molecule has 1 aliphatic rings. The molecule has 1 N–H and O–H groups in total. The van der Waals surface area contributed by atoms with Crippen LogP contribution in [0.25, 0.3) is 0 Å². The summed E-state index contributed by atoms with van der Waals surface area (Å²) in [6, 6.07) is 21.4. The minimum absolute atomic E-state index is 0.133. The van der Waals surface area contributed by atoms with Gasteiger partial charge in [-0.1, -0.05) is 42.5 Å². The summed E-state index contributed by atoms with van der Waals surface area (Å²) < 4.78 is 48.8. The normalized spacial score (nSPS) is 14.4. The Labute approximate surface area is 258 Å². The van der Waals surface area contributed by atoms with Gasteiger partial charge in [0.05, 0.1) is 25.2 Å². The van der Waals surface area contributed by atoms with Crippen molar-refractivity contribution in [2.45, 2.75) is 23.9 Å². The highest BCUT2D eigenvalue weighted by Crippen LogP contribution is 2.26. The van der Waals surface area contributed by atoms with Gasteiger partial charge < -0.3 is 29.2 Å². The van der Waals surface area contributed by atoms with E-state index in [9.17, 15) is 18.0 Å². The van der Waals surface area contributed by atoms with Gasteiger partial charge >= 0.3 is 0 Å². The number of hydrogen-bond donors (Lipinski definition) is 1. The van der Waals surface area contributed by atoms with Crippen LogP contribution in [-0.2, 0) is 35.6 Å². The molecule has 0 radical (unpaired) electrons. The molecule has 3 aromatic rings. The first-order valence-corrected chi connectivity index (χ1v) is 15.8. The molecule has 1 fully saturated rings. The Morgan fingerprint density at radius 2 is 1.59 bits per heavy atom. The Morgan fingerprint density at radius 1 is 0.932 bits per heavy atom. The van der Waals surface area contributed by atoms with E-state index in [1.807, 2.05) is 42.5 Å². The van der Waals surface area contributed by atoms with Crippen molar-refractivity contribution < 1.29 is 37.0 Å². The molecular weight excluding hydrogens is 586 g/mol. The first-order valence-electron chi connectivity index (χ1n) is 14.4. The molecule has 44 heavy (non-hydrogen) atoms. The number of morpholine rings is 1. The predicted molar refractivity (Wildman–Crippen MR) is 164 cm³/mol. The molecule has 236 valence electrons. The maximum absolute atomic E-state index is 13.8. The van der Waals surface area contributed by atoms with Gasteiger partial charge in [0.25, 0.3) is 5.91 Å². The monoisotopic (exact) mass is 625 g/mol. The zero-order chi connectivity index (χ0) is 31.4. The second kappa shape index (κ2) is 16.2. The Hall–Kier alpha value is -3.97. The fourth-order valence-electron chi connectivity index (χ4n) is 4.76. The molecule has 0 aromatic heterocycles. The SMILES string of the molecule is COCCCNC(=O)[C@@H](c1ccccc1)N(Cc1ccc(OC)cc1)C(=O)COc1ccc(S(=O)(=O)N2CCOCC2)cc1. The largest absolute Gasteiger partial charge is 0.497 e. The second-order valence-corrected chi connectivity index (χ2v) is 12.0. The Morgan fingerprint density at radius 3 is 2.23 bits per heavy atom. The van der Waals surface area contributed by atoms with Crippen molar-refractivity contribution in [2.75, 3.05) is 60.3 Å². The van der Waals surface area contributed by atoms with Crippen LogP contribution in [0.3, 0.4) is 0 Å². The molecular formula is C32H39N3O8S. The van der Waals surface area contributed by atoms with E-state index in [0.29, 0.717) is 62.9 Å². The summed E-state index contributed by atoms with van der Waals surface area (Å²) in [5.74, 6) is 0.243. The number of methoxy groups -OCH3 is 2. The van der Waals surface area contributed by atoms with Gasteiger partial charge in [-0.25, -0.2) is 8.42 Å². The zero-order valence-electron chi connectivity index (χ0n) is 25.0. The first-order chi connectivity index (χ1) is 21.3. The molecule has 4 rings (SSSR count). The number of amides is 2. The number of nitrogens with zero attached hydrogens (tertiary/aromatic N) is 2. The van der Waals surface area contributed by atoms with E-state index < -0.39 is 22.0 Å². The van der Waals surface area contributed by atoms with E-state index in [1.54, 1.807) is 26.4 Å². The number of carbonyl (C=O) groups is 2. The lowest BCUT2D eigenvalue weighted by atomic mass is 10.0. The lowest BCUT2D eigenvalue weighted by Gasteiger charge is -2.31. The van der Waals surface area contributed by atoms with Crippen LogP contribution in [-0.4, -0.2) is 89.7 Å². The van der Waals surface area contributed by atoms with E-state index in [0.717, 1.165) is 5.56 Å². The molecule has 11 nitrogen and oxygen atoms in total. The molecule has 0 saturated carbocycles. The van der Waals surface area contributed by atoms with Crippen LogP contribution < -0.4 is 14.8 Å². The van der Waals surface area contributed by atoms with Crippen molar-refractivity contribution in [3.05, 3.63) is 90.0 Å². The maximum Gasteiger partial charge on any atom is 0.261 e. The summed E-state index contributed by atoms with van der Waals surface area (Å²) >= 11 is 0. The highest BCUT2D eigenvalue weighted by molar-refractivity contribution is 7.89. The number of ether oxygens (including phenoxy) is 4. The van der Waals surface area contributed by atoms with Gasteiger partial charge in [-0.05, 0) is 53.9 Å². The van der Waals surface area contributed by atoms with Crippen molar-refractivity contribution in [3.63, 3.8) is 0 Å². The Bertz CT molecular complexity index is 1450. The van der Waals surface area contributed by atoms with Gasteiger partial charge in [-0.3, -0.25) is 9.59 Å². The summed E-state index contributed by atoms with van der Waals surface area (Å²) in [6.07, 6.45) is 0.622. The fourth-order valence-corrected chi connectivity index (χ4v) is 6.16. The van der Waals surface area contributed by atoms with Crippen molar-refractivity contribution in [3.8, 4) is 11.5 Å². The zero-order valence-corrected chi connectivity index (χ0v) is 25.8. The number of benzene rings is 3. The number of nitrogens with one attached hydrogen (secondary N) is 1. The van der Waals surface area contributed by atoms with Crippen molar-refractivity contribution in [2.24, 2.45) is 0 Å². The van der Waals surface area contributed by atoms with Gasteiger partial charge in [-0.15, -0.1) is 0 Å². The smallest absolute Gasteiger partial charge is 0.261 e. The van der Waals surface area contributed by atoms with Gasteiger partial charge in [0.15, 0.2) is 6.61 Å². The van der Waals surface area contributed by atoms with Crippen LogP contribution in [0.4, 0.5) is 0 Å². The number of sulfonamides is 1. The van der Waals surface area contributed by atoms with Crippen LogP contribution in [0.2, 0.25) is 0 Å². The summed E-state index contributed by atoms with van der Waals surface area (Å²) in [5.41, 5.74) is 1.45. The molecule has 1 heterocycles. The first kappa shape index (κ1) is 32.9. The fraction of sp³-hybridized carbons (Fsp3) is 0.375. The molecule has 12 heteroatoms. The topological polar surface area (TPSA) is 124 Å². The van der Waals surface area contributed by atoms with Gasteiger partial charge in [0.1, 0.15) is 17.5 Å². The third-order valence-corrected chi connectivity index (χ3v) is 9.04. The Kier molecular flexibility index (Phi) is 12.1. The summed E-state index contributed by atoms with van der Waals surface area (Å²) in [6.45, 7) is 1.93. The standard InChI is InChI=1S/C32H39N3O8S/c1-40-20-6-17-33-32(37)31(26-7-4-3-5-8-26)35(23-25-9-11-27(41-2)12-10-25)30(36)24-43-28-13-15-29(16-14-28)44(38,39)34-18-21-42-22-19-34/h3-5,7-16,31H,6,17-24H2,1-2H3,(H,33,37)/t31-/m1/s1. The molecule has 1 saturated heterocycles. The average Bonchev–Trinajstić information content (AvgIpc) is 3.06. The quantitative estimate of drug-likeness (QED) is 0.256. The van der Waals surface area contributed by atoms with Crippen molar-refractivity contribution in [1.82, 2.24) is 14.5 Å². The van der Waals surface area contributed by atoms with E-state index in [2.05, 4.69) is 5.32 Å². The summed E-state index contributed by atoms with van der Waals surface area (Å²) in [4.78, 5) is 29.1. The van der Waals surface area contributed by atoms with E-state index in [-0.39, 0.29) is 24.0 Å². The molecule has 1 aliphatic heterocycles. The second-order valence-electron chi connectivity index (χ2n) is 10.1. The number of rotatable bonds is 15. The molecule has 0 aliphatic carbocycles. The minimum Gasteiger partial charge on any atom is -0.497 e. The number of hydrogen-bond acceptors (Lipinski definition) is 8. The lowest BCUT2D eigenvalue weighted by molar-refractivity contribution is -0.143. The van der Waals surface area contributed by atoms with Gasteiger partial charge in [-0.2, -0.15) is 4.31 Å². The molecule has 3 aromatic carbocycles. The third-order valence-electron chi connectivity index (χ3n) is 7.13. The summed E-state index contributed by atoms with van der Waals surface area (Å²) in [5, 5.41) is 2.93. The number of carbonyl (C=O) groups excluding carboxylic acids is 2. The molecule has 0 unspecified atom stereocenters. The molecule has 0 bridgehead atoms. The predicted octanol–water partition coefficient (Wildman–Crippen LogP) is 3.02. The average molecular weight is 626 g/mol. The van der Waals surface area contributed by atoms with E-state index in [4.69, 9.17) is 18.9 Å². The molecule has 2 amide bonds. The lowest BCUT2D eigenvalue weighted by Crippen LogP contribution is -2.45. The van der Waals surface area contributed by atoms with E-state index in [1.165, 1.54) is 33.5 Å². The van der Waals surface area contributed by atoms with Crippen LogP contribution >= 0.6 is 0 Å². The Balaban J connectivity index is 1.54. The minimum atomic E-state index is -3.66. The van der Waals surface area contributed by atoms with Gasteiger partial charge in [0.2, 0.25) is 15.9 Å². The third kappa shape index (κ3) is 8.79. The highest BCUT2D eigenvalue weighted by atomic mass is 32.2.